The van der Waals surface area contributed by atoms with E-state index >= 15 is 0 Å². The molecule has 1 aromatic heterocycles. The monoisotopic (exact) mass is 337 g/mol. The summed E-state index contributed by atoms with van der Waals surface area (Å²) in [4.78, 5) is 24.3. The lowest BCUT2D eigenvalue weighted by Crippen LogP contribution is -2.21. The molecule has 3 aromatic rings. The van der Waals surface area contributed by atoms with Crippen molar-refractivity contribution >= 4 is 22.4 Å². The van der Waals surface area contributed by atoms with Gasteiger partial charge >= 0.3 is 0 Å². The van der Waals surface area contributed by atoms with Crippen LogP contribution < -0.4 is 20.3 Å². The number of aromatic amines is 1. The molecular weight excluding hydrogens is 322 g/mol. The van der Waals surface area contributed by atoms with E-state index in [-0.39, 0.29) is 17.9 Å². The number of amides is 1. The zero-order chi connectivity index (χ0) is 17.2. The Morgan fingerprint density at radius 3 is 2.76 bits per heavy atom. The fourth-order valence-electron chi connectivity index (χ4n) is 2.82. The Morgan fingerprint density at radius 2 is 1.88 bits per heavy atom. The second-order valence-electron chi connectivity index (χ2n) is 5.60. The Labute approximate surface area is 142 Å². The number of benzene rings is 2. The summed E-state index contributed by atoms with van der Waals surface area (Å²) in [5, 5.41) is 10.4. The van der Waals surface area contributed by atoms with Crippen LogP contribution in [-0.2, 0) is 11.2 Å². The number of anilines is 1. The molecule has 0 bridgehead atoms. The van der Waals surface area contributed by atoms with E-state index < -0.39 is 0 Å². The summed E-state index contributed by atoms with van der Waals surface area (Å²) < 4.78 is 11.1. The van der Waals surface area contributed by atoms with E-state index in [0.717, 1.165) is 0 Å². The van der Waals surface area contributed by atoms with E-state index in [1.165, 1.54) is 0 Å². The van der Waals surface area contributed by atoms with E-state index in [1.54, 1.807) is 36.4 Å². The first kappa shape index (κ1) is 15.2. The van der Waals surface area contributed by atoms with Gasteiger partial charge in [-0.15, -0.1) is 0 Å². The molecule has 0 fully saturated rings. The first-order valence-electron chi connectivity index (χ1n) is 7.87. The topological polar surface area (TPSA) is 93.3 Å². The Morgan fingerprint density at radius 1 is 1.08 bits per heavy atom. The van der Waals surface area contributed by atoms with Crippen LogP contribution in [0.2, 0.25) is 0 Å². The number of carbonyl (C=O) groups excluding carboxylic acids is 1. The number of hydrogen-bond donors (Lipinski definition) is 2. The summed E-state index contributed by atoms with van der Waals surface area (Å²) in [6.45, 7) is 0.920. The van der Waals surface area contributed by atoms with Crippen molar-refractivity contribution in [3.63, 3.8) is 0 Å². The highest BCUT2D eigenvalue weighted by atomic mass is 16.6. The lowest BCUT2D eigenvalue weighted by Gasteiger charge is -2.21. The van der Waals surface area contributed by atoms with Crippen LogP contribution in [0, 0.1) is 0 Å². The second-order valence-corrected chi connectivity index (χ2v) is 5.60. The van der Waals surface area contributed by atoms with Gasteiger partial charge in [0.2, 0.25) is 5.91 Å². The fraction of sp³-hybridized carbons (Fsp3) is 0.167. The van der Waals surface area contributed by atoms with Crippen molar-refractivity contribution in [2.75, 3.05) is 18.5 Å². The second kappa shape index (κ2) is 6.27. The van der Waals surface area contributed by atoms with Crippen LogP contribution in [0.15, 0.2) is 47.3 Å². The zero-order valence-electron chi connectivity index (χ0n) is 13.2. The molecule has 1 amide bonds. The molecular formula is C18H15N3O4. The number of nitrogens with zero attached hydrogens (tertiary/aromatic N) is 1. The van der Waals surface area contributed by atoms with Gasteiger partial charge in [0.15, 0.2) is 11.5 Å². The number of ether oxygens (including phenoxy) is 2. The number of nitrogens with one attached hydrogen (secondary N) is 2. The molecule has 1 aliphatic rings. The van der Waals surface area contributed by atoms with Crippen molar-refractivity contribution in [3.05, 3.63) is 58.5 Å². The number of hydrogen-bond acceptors (Lipinski definition) is 5. The van der Waals surface area contributed by atoms with Gasteiger partial charge in [0.05, 0.1) is 23.2 Å². The molecule has 1 aliphatic heterocycles. The molecule has 0 saturated heterocycles. The first-order chi connectivity index (χ1) is 12.2. The summed E-state index contributed by atoms with van der Waals surface area (Å²) in [5.74, 6) is 0.880. The molecule has 0 saturated carbocycles. The molecule has 2 heterocycles. The van der Waals surface area contributed by atoms with Crippen molar-refractivity contribution in [2.45, 2.75) is 6.42 Å². The number of carbonyl (C=O) groups is 1. The van der Waals surface area contributed by atoms with E-state index in [9.17, 15) is 9.59 Å². The molecule has 0 unspecified atom stereocenters. The van der Waals surface area contributed by atoms with E-state index in [4.69, 9.17) is 9.47 Å². The van der Waals surface area contributed by atoms with Gasteiger partial charge < -0.3 is 14.8 Å². The highest BCUT2D eigenvalue weighted by molar-refractivity contribution is 5.96. The maximum absolute atomic E-state index is 12.5. The molecule has 0 atom stereocenters. The molecule has 0 aliphatic carbocycles. The minimum atomic E-state index is -0.276. The predicted molar refractivity (Wildman–Crippen MR) is 92.1 cm³/mol. The highest BCUT2D eigenvalue weighted by Crippen LogP contribution is 2.37. The maximum atomic E-state index is 12.5. The molecule has 0 radical (unpaired) electrons. The number of H-pyrrole nitrogens is 1. The summed E-state index contributed by atoms with van der Waals surface area (Å²) in [6.07, 6.45) is 0.0296. The van der Waals surface area contributed by atoms with Gasteiger partial charge in [-0.1, -0.05) is 24.3 Å². The van der Waals surface area contributed by atoms with Gasteiger partial charge in [0, 0.05) is 5.39 Å². The highest BCUT2D eigenvalue weighted by Gasteiger charge is 2.18. The molecule has 2 aromatic carbocycles. The Balaban J connectivity index is 1.60. The fourth-order valence-corrected chi connectivity index (χ4v) is 2.82. The minimum absolute atomic E-state index is 0.0296. The SMILES string of the molecule is O=C(Cc1n[nH]c(=O)c2ccccc12)Nc1cccc2c1OCCO2. The zero-order valence-corrected chi connectivity index (χ0v) is 13.2. The average Bonchev–Trinajstić information content (AvgIpc) is 2.65. The maximum Gasteiger partial charge on any atom is 0.272 e. The van der Waals surface area contributed by atoms with Crippen LogP contribution in [-0.4, -0.2) is 29.3 Å². The smallest absolute Gasteiger partial charge is 0.272 e. The van der Waals surface area contributed by atoms with Gasteiger partial charge in [-0.25, -0.2) is 5.10 Å². The Hall–Kier alpha value is -3.35. The molecule has 4 rings (SSSR count). The quantitative estimate of drug-likeness (QED) is 0.761. The Kier molecular flexibility index (Phi) is 3.81. The van der Waals surface area contributed by atoms with Crippen molar-refractivity contribution in [3.8, 4) is 11.5 Å². The summed E-state index contributed by atoms with van der Waals surface area (Å²) in [5.41, 5.74) is 0.785. The van der Waals surface area contributed by atoms with Gasteiger partial charge in [-0.3, -0.25) is 9.59 Å². The van der Waals surface area contributed by atoms with Crippen LogP contribution in [0.25, 0.3) is 10.8 Å². The molecule has 25 heavy (non-hydrogen) atoms. The number of fused-ring (bicyclic) bond motifs is 2. The summed E-state index contributed by atoms with van der Waals surface area (Å²) in [7, 11) is 0. The molecule has 7 nitrogen and oxygen atoms in total. The van der Waals surface area contributed by atoms with Gasteiger partial charge in [0.1, 0.15) is 13.2 Å². The lowest BCUT2D eigenvalue weighted by atomic mass is 10.1. The van der Waals surface area contributed by atoms with Crippen LogP contribution >= 0.6 is 0 Å². The third kappa shape index (κ3) is 2.91. The van der Waals surface area contributed by atoms with Crippen LogP contribution in [0.1, 0.15) is 5.69 Å². The van der Waals surface area contributed by atoms with Crippen molar-refractivity contribution in [2.24, 2.45) is 0 Å². The molecule has 126 valence electrons. The number of aromatic nitrogens is 2. The van der Waals surface area contributed by atoms with Crippen molar-refractivity contribution < 1.29 is 14.3 Å². The third-order valence-corrected chi connectivity index (χ3v) is 3.94. The lowest BCUT2D eigenvalue weighted by molar-refractivity contribution is -0.115. The molecule has 2 N–H and O–H groups in total. The number of rotatable bonds is 3. The van der Waals surface area contributed by atoms with Crippen molar-refractivity contribution in [1.29, 1.82) is 0 Å². The largest absolute Gasteiger partial charge is 0.486 e. The van der Waals surface area contributed by atoms with E-state index in [2.05, 4.69) is 15.5 Å². The first-order valence-corrected chi connectivity index (χ1v) is 7.87. The van der Waals surface area contributed by atoms with Crippen LogP contribution in [0.3, 0.4) is 0 Å². The summed E-state index contributed by atoms with van der Waals surface area (Å²) in [6, 6.07) is 12.4. The Bertz CT molecular complexity index is 1010. The van der Waals surface area contributed by atoms with Crippen molar-refractivity contribution in [1.82, 2.24) is 10.2 Å². The van der Waals surface area contributed by atoms with E-state index in [0.29, 0.717) is 46.9 Å². The predicted octanol–water partition coefficient (Wildman–Crippen LogP) is 1.88. The summed E-state index contributed by atoms with van der Waals surface area (Å²) >= 11 is 0. The molecule has 0 spiro atoms. The van der Waals surface area contributed by atoms with Crippen LogP contribution in [0.5, 0.6) is 11.5 Å². The minimum Gasteiger partial charge on any atom is -0.486 e. The molecule has 7 heteroatoms. The van der Waals surface area contributed by atoms with Gasteiger partial charge in [-0.05, 0) is 18.2 Å². The van der Waals surface area contributed by atoms with E-state index in [1.807, 2.05) is 6.07 Å². The van der Waals surface area contributed by atoms with Crippen LogP contribution in [0.4, 0.5) is 5.69 Å². The standard InChI is InChI=1S/C18H15N3O4/c22-16(19-13-6-3-7-15-17(13)25-9-8-24-15)10-14-11-4-1-2-5-12(11)18(23)21-20-14/h1-7H,8-10H2,(H,19,22)(H,21,23). The number of para-hydroxylation sites is 1. The average molecular weight is 337 g/mol. The van der Waals surface area contributed by atoms with Gasteiger partial charge in [-0.2, -0.15) is 5.10 Å². The third-order valence-electron chi connectivity index (χ3n) is 3.94. The van der Waals surface area contributed by atoms with Gasteiger partial charge in [0.25, 0.3) is 5.56 Å². The normalized spacial score (nSPS) is 12.8.